The Morgan fingerprint density at radius 2 is 1.96 bits per heavy atom. The van der Waals surface area contributed by atoms with E-state index >= 15 is 0 Å². The molecule has 1 aromatic heterocycles. The summed E-state index contributed by atoms with van der Waals surface area (Å²) < 4.78 is 11.7. The van der Waals surface area contributed by atoms with Crippen molar-refractivity contribution in [2.24, 2.45) is 7.05 Å². The van der Waals surface area contributed by atoms with Gasteiger partial charge < -0.3 is 14.8 Å². The first-order valence-electron chi connectivity index (χ1n) is 7.62. The van der Waals surface area contributed by atoms with Crippen LogP contribution in [0.2, 0.25) is 0 Å². The largest absolute Gasteiger partial charge is 0.494 e. The number of carbonyl (C=O) groups excluding carboxylic acids is 1. The summed E-state index contributed by atoms with van der Waals surface area (Å²) >= 11 is 0. The number of aryl methyl sites for hydroxylation is 1. The van der Waals surface area contributed by atoms with Crippen LogP contribution in [0.1, 0.15) is 29.0 Å². The molecule has 0 saturated carbocycles. The second kappa shape index (κ2) is 8.26. The van der Waals surface area contributed by atoms with Gasteiger partial charge in [0, 0.05) is 20.2 Å². The van der Waals surface area contributed by atoms with E-state index in [-0.39, 0.29) is 23.2 Å². The van der Waals surface area contributed by atoms with Gasteiger partial charge in [-0.1, -0.05) is 12.1 Å². The van der Waals surface area contributed by atoms with E-state index in [1.54, 1.807) is 7.11 Å². The van der Waals surface area contributed by atoms with Crippen molar-refractivity contribution in [3.63, 3.8) is 0 Å². The predicted octanol–water partition coefficient (Wildman–Crippen LogP) is 1.30. The lowest BCUT2D eigenvalue weighted by Crippen LogP contribution is -2.33. The van der Waals surface area contributed by atoms with Crippen molar-refractivity contribution in [2.45, 2.75) is 13.0 Å². The second-order valence-corrected chi connectivity index (χ2v) is 5.16. The Balaban J connectivity index is 2.16. The third-order valence-corrected chi connectivity index (χ3v) is 3.43. The number of aromatic nitrogens is 2. The summed E-state index contributed by atoms with van der Waals surface area (Å²) in [6.45, 7) is 2.82. The van der Waals surface area contributed by atoms with Gasteiger partial charge in [0.25, 0.3) is 11.5 Å². The number of benzene rings is 1. The van der Waals surface area contributed by atoms with Crippen LogP contribution in [0.3, 0.4) is 0 Å². The lowest BCUT2D eigenvalue weighted by Gasteiger charge is -2.18. The predicted molar refractivity (Wildman–Crippen MR) is 89.2 cm³/mol. The highest BCUT2D eigenvalue weighted by atomic mass is 16.5. The smallest absolute Gasteiger partial charge is 0.272 e. The van der Waals surface area contributed by atoms with Crippen molar-refractivity contribution >= 4 is 5.91 Å². The summed E-state index contributed by atoms with van der Waals surface area (Å²) in [5, 5.41) is 6.82. The molecule has 0 spiro atoms. The van der Waals surface area contributed by atoms with Gasteiger partial charge in [-0.05, 0) is 30.7 Å². The lowest BCUT2D eigenvalue weighted by atomic mass is 10.1. The minimum absolute atomic E-state index is 0.170. The molecule has 0 unspecified atom stereocenters. The van der Waals surface area contributed by atoms with Crippen LogP contribution in [0.25, 0.3) is 0 Å². The van der Waals surface area contributed by atoms with Gasteiger partial charge in [0.2, 0.25) is 0 Å². The molecule has 0 aliphatic carbocycles. The first kappa shape index (κ1) is 17.7. The minimum atomic E-state index is -0.374. The van der Waals surface area contributed by atoms with Crippen LogP contribution in [0.15, 0.2) is 41.2 Å². The molecule has 0 saturated heterocycles. The number of ether oxygens (including phenoxy) is 2. The third kappa shape index (κ3) is 4.42. The van der Waals surface area contributed by atoms with Crippen molar-refractivity contribution in [2.75, 3.05) is 20.3 Å². The maximum atomic E-state index is 12.4. The van der Waals surface area contributed by atoms with Crippen LogP contribution in [0, 0.1) is 0 Å². The van der Waals surface area contributed by atoms with Crippen LogP contribution in [0.5, 0.6) is 5.75 Å². The molecule has 0 fully saturated rings. The zero-order chi connectivity index (χ0) is 17.5. The molecular weight excluding hydrogens is 310 g/mol. The van der Waals surface area contributed by atoms with E-state index in [1.807, 2.05) is 31.2 Å². The van der Waals surface area contributed by atoms with Crippen LogP contribution in [-0.2, 0) is 11.8 Å². The highest BCUT2D eigenvalue weighted by molar-refractivity contribution is 5.92. The fourth-order valence-corrected chi connectivity index (χ4v) is 2.21. The Morgan fingerprint density at radius 3 is 2.54 bits per heavy atom. The molecule has 1 N–H and O–H groups in total. The lowest BCUT2D eigenvalue weighted by molar-refractivity contribution is 0.0889. The summed E-state index contributed by atoms with van der Waals surface area (Å²) in [6.07, 6.45) is 0. The van der Waals surface area contributed by atoms with E-state index in [4.69, 9.17) is 9.47 Å². The molecular formula is C17H21N3O4. The molecule has 0 aliphatic heterocycles. The second-order valence-electron chi connectivity index (χ2n) is 5.16. The molecule has 1 heterocycles. The molecule has 0 aliphatic rings. The van der Waals surface area contributed by atoms with Crippen LogP contribution < -0.4 is 15.6 Å². The third-order valence-electron chi connectivity index (χ3n) is 3.43. The number of carbonyl (C=O) groups is 1. The highest BCUT2D eigenvalue weighted by Gasteiger charge is 2.17. The molecule has 2 aromatic rings. The van der Waals surface area contributed by atoms with Gasteiger partial charge in [-0.25, -0.2) is 4.68 Å². The van der Waals surface area contributed by atoms with Gasteiger partial charge in [0.15, 0.2) is 0 Å². The number of methoxy groups -OCH3 is 1. The van der Waals surface area contributed by atoms with E-state index < -0.39 is 0 Å². The van der Waals surface area contributed by atoms with E-state index in [0.717, 1.165) is 16.0 Å². The summed E-state index contributed by atoms with van der Waals surface area (Å²) in [4.78, 5) is 23.7. The molecule has 0 bridgehead atoms. The Labute approximate surface area is 140 Å². The average molecular weight is 331 g/mol. The van der Waals surface area contributed by atoms with Crippen molar-refractivity contribution in [3.05, 3.63) is 58.0 Å². The summed E-state index contributed by atoms with van der Waals surface area (Å²) in [7, 11) is 3.07. The van der Waals surface area contributed by atoms with Crippen LogP contribution in [0.4, 0.5) is 0 Å². The molecule has 1 atom stereocenters. The molecule has 7 heteroatoms. The van der Waals surface area contributed by atoms with Gasteiger partial charge in [0.05, 0.1) is 19.3 Å². The average Bonchev–Trinajstić information content (AvgIpc) is 2.58. The van der Waals surface area contributed by atoms with E-state index in [9.17, 15) is 9.59 Å². The van der Waals surface area contributed by atoms with Gasteiger partial charge in [-0.3, -0.25) is 9.59 Å². The Kier molecular flexibility index (Phi) is 6.08. The van der Waals surface area contributed by atoms with Crippen molar-refractivity contribution in [1.82, 2.24) is 15.1 Å². The number of amides is 1. The summed E-state index contributed by atoms with van der Waals surface area (Å²) in [6, 6.07) is 9.82. The van der Waals surface area contributed by atoms with E-state index in [1.165, 1.54) is 19.2 Å². The Morgan fingerprint density at radius 1 is 1.25 bits per heavy atom. The van der Waals surface area contributed by atoms with Crippen LogP contribution in [-0.4, -0.2) is 36.0 Å². The maximum Gasteiger partial charge on any atom is 0.272 e. The van der Waals surface area contributed by atoms with Gasteiger partial charge in [-0.15, -0.1) is 0 Å². The quantitative estimate of drug-likeness (QED) is 0.827. The fourth-order valence-electron chi connectivity index (χ4n) is 2.21. The zero-order valence-electron chi connectivity index (χ0n) is 14.0. The monoisotopic (exact) mass is 331 g/mol. The maximum absolute atomic E-state index is 12.4. The Hall–Kier alpha value is -2.67. The van der Waals surface area contributed by atoms with E-state index in [0.29, 0.717) is 13.2 Å². The minimum Gasteiger partial charge on any atom is -0.494 e. The summed E-state index contributed by atoms with van der Waals surface area (Å²) in [5.74, 6) is 0.394. The van der Waals surface area contributed by atoms with Crippen LogP contribution >= 0.6 is 0 Å². The number of hydrogen-bond acceptors (Lipinski definition) is 5. The molecule has 1 amide bonds. The first-order valence-corrected chi connectivity index (χ1v) is 7.62. The first-order chi connectivity index (χ1) is 11.5. The number of rotatable bonds is 7. The molecule has 2 rings (SSSR count). The fraction of sp³-hybridized carbons (Fsp3) is 0.353. The van der Waals surface area contributed by atoms with Crippen molar-refractivity contribution in [3.8, 4) is 5.75 Å². The van der Waals surface area contributed by atoms with E-state index in [2.05, 4.69) is 10.4 Å². The number of nitrogens with zero attached hydrogens (tertiary/aromatic N) is 2. The molecule has 0 radical (unpaired) electrons. The number of nitrogens with one attached hydrogen (secondary N) is 1. The molecule has 7 nitrogen and oxygen atoms in total. The molecule has 128 valence electrons. The molecule has 24 heavy (non-hydrogen) atoms. The highest BCUT2D eigenvalue weighted by Crippen LogP contribution is 2.18. The molecule has 1 aromatic carbocycles. The Bertz CT molecular complexity index is 740. The van der Waals surface area contributed by atoms with Gasteiger partial charge in [0.1, 0.15) is 11.4 Å². The van der Waals surface area contributed by atoms with Gasteiger partial charge >= 0.3 is 0 Å². The SMILES string of the molecule is CCOc1ccc([C@@H](COC)NC(=O)c2ccc(=O)n(C)n2)cc1. The topological polar surface area (TPSA) is 82.5 Å². The van der Waals surface area contributed by atoms with Crippen molar-refractivity contribution < 1.29 is 14.3 Å². The zero-order valence-corrected chi connectivity index (χ0v) is 14.0. The summed E-state index contributed by atoms with van der Waals surface area (Å²) in [5.41, 5.74) is 0.786. The normalized spacial score (nSPS) is 11.8. The van der Waals surface area contributed by atoms with Gasteiger partial charge in [-0.2, -0.15) is 5.10 Å². The van der Waals surface area contributed by atoms with Crippen molar-refractivity contribution in [1.29, 1.82) is 0 Å². The number of hydrogen-bond donors (Lipinski definition) is 1. The standard InChI is InChI=1S/C17H21N3O4/c1-4-24-13-7-5-12(6-8-13)15(11-23-3)18-17(22)14-9-10-16(21)20(2)19-14/h5-10,15H,4,11H2,1-3H3,(H,18,22)/t15-/m1/s1.